The highest BCUT2D eigenvalue weighted by molar-refractivity contribution is 5.78. The zero-order valence-electron chi connectivity index (χ0n) is 13.9. The first-order valence-corrected chi connectivity index (χ1v) is 7.76. The summed E-state index contributed by atoms with van der Waals surface area (Å²) in [6.45, 7) is 12.0. The molecular weight excluding hydrogens is 252 g/mol. The van der Waals surface area contributed by atoms with Gasteiger partial charge in [0.05, 0.1) is 6.10 Å². The maximum atomic E-state index is 11.8. The van der Waals surface area contributed by atoms with E-state index in [1.165, 1.54) is 0 Å². The largest absolute Gasteiger partial charge is 0.393 e. The molecule has 1 saturated heterocycles. The number of aliphatic hydroxyl groups excluding tert-OH is 1. The predicted molar refractivity (Wildman–Crippen MR) is 82.5 cm³/mol. The number of carbonyl (C=O) groups is 1. The Balaban J connectivity index is 2.55. The molecule has 0 aromatic rings. The van der Waals surface area contributed by atoms with E-state index in [2.05, 4.69) is 38.0 Å². The van der Waals surface area contributed by atoms with Crippen LogP contribution in [0.3, 0.4) is 0 Å². The first-order valence-electron chi connectivity index (χ1n) is 7.76. The van der Waals surface area contributed by atoms with E-state index in [9.17, 15) is 9.90 Å². The second kappa shape index (κ2) is 6.90. The van der Waals surface area contributed by atoms with Gasteiger partial charge in [0, 0.05) is 25.0 Å². The Morgan fingerprint density at radius 1 is 1.35 bits per heavy atom. The van der Waals surface area contributed by atoms with E-state index in [-0.39, 0.29) is 29.4 Å². The maximum Gasteiger partial charge on any atom is 0.222 e. The minimum absolute atomic E-state index is 0.0286. The van der Waals surface area contributed by atoms with E-state index >= 15 is 0 Å². The third kappa shape index (κ3) is 5.41. The highest BCUT2D eigenvalue weighted by atomic mass is 16.3. The van der Waals surface area contributed by atoms with Gasteiger partial charge in [0.25, 0.3) is 0 Å². The van der Waals surface area contributed by atoms with E-state index in [0.717, 1.165) is 25.9 Å². The van der Waals surface area contributed by atoms with E-state index in [0.29, 0.717) is 5.92 Å². The summed E-state index contributed by atoms with van der Waals surface area (Å²) in [5.74, 6) is 0.599. The number of rotatable bonds is 4. The van der Waals surface area contributed by atoms with Crippen LogP contribution in [0.1, 0.15) is 47.5 Å². The molecule has 2 N–H and O–H groups in total. The van der Waals surface area contributed by atoms with Crippen LogP contribution in [0, 0.1) is 17.3 Å². The first-order chi connectivity index (χ1) is 9.09. The maximum absolute atomic E-state index is 11.8. The molecule has 118 valence electrons. The molecule has 1 amide bonds. The van der Waals surface area contributed by atoms with E-state index in [1.54, 1.807) is 0 Å². The molecule has 3 unspecified atom stereocenters. The lowest BCUT2D eigenvalue weighted by Crippen LogP contribution is -2.51. The molecule has 0 aromatic carbocycles. The molecule has 3 atom stereocenters. The van der Waals surface area contributed by atoms with Crippen LogP contribution in [0.5, 0.6) is 0 Å². The monoisotopic (exact) mass is 284 g/mol. The molecule has 0 aliphatic carbocycles. The number of hydrogen-bond donors (Lipinski definition) is 2. The van der Waals surface area contributed by atoms with Crippen molar-refractivity contribution < 1.29 is 9.90 Å². The summed E-state index contributed by atoms with van der Waals surface area (Å²) < 4.78 is 0. The molecule has 1 fully saturated rings. The predicted octanol–water partition coefficient (Wildman–Crippen LogP) is 1.88. The van der Waals surface area contributed by atoms with E-state index in [4.69, 9.17) is 0 Å². The first kappa shape index (κ1) is 17.4. The van der Waals surface area contributed by atoms with Crippen molar-refractivity contribution in [3.63, 3.8) is 0 Å². The fraction of sp³-hybridized carbons (Fsp3) is 0.938. The van der Waals surface area contributed by atoms with Gasteiger partial charge in [0.1, 0.15) is 0 Å². The Kier molecular flexibility index (Phi) is 6.02. The fourth-order valence-electron chi connectivity index (χ4n) is 2.76. The minimum Gasteiger partial charge on any atom is -0.393 e. The highest BCUT2D eigenvalue weighted by Crippen LogP contribution is 2.28. The van der Waals surface area contributed by atoms with Gasteiger partial charge in [-0.3, -0.25) is 4.79 Å². The number of hydrogen-bond acceptors (Lipinski definition) is 3. The Hall–Kier alpha value is -0.610. The number of amides is 1. The Morgan fingerprint density at radius 2 is 1.95 bits per heavy atom. The van der Waals surface area contributed by atoms with Gasteiger partial charge < -0.3 is 15.3 Å². The van der Waals surface area contributed by atoms with Crippen LogP contribution in [-0.2, 0) is 4.79 Å². The van der Waals surface area contributed by atoms with Gasteiger partial charge in [0.2, 0.25) is 5.91 Å². The normalized spacial score (nSPS) is 26.6. The Bertz CT molecular complexity index is 323. The average Bonchev–Trinajstić information content (AvgIpc) is 2.26. The van der Waals surface area contributed by atoms with Crippen LogP contribution in [0.25, 0.3) is 0 Å². The number of likely N-dealkylation sites (N-methyl/N-ethyl adjacent to an activating group) is 1. The van der Waals surface area contributed by atoms with Crippen molar-refractivity contribution >= 4 is 5.91 Å². The average molecular weight is 284 g/mol. The van der Waals surface area contributed by atoms with Gasteiger partial charge in [-0.15, -0.1) is 0 Å². The number of aliphatic hydroxyl groups is 1. The molecular formula is C16H32N2O2. The van der Waals surface area contributed by atoms with Crippen molar-refractivity contribution in [1.29, 1.82) is 0 Å². The SMILES string of the molecule is CC(C)C(=O)NC1CC(CC(O)C(C)(C)C)CN(C)C1. The summed E-state index contributed by atoms with van der Waals surface area (Å²) >= 11 is 0. The van der Waals surface area contributed by atoms with Crippen molar-refractivity contribution in [2.45, 2.75) is 59.6 Å². The standard InChI is InChI=1S/C16H32N2O2/c1-11(2)15(20)17-13-7-12(9-18(6)10-13)8-14(19)16(3,4)5/h11-14,19H,7-10H2,1-6H3,(H,17,20). The highest BCUT2D eigenvalue weighted by Gasteiger charge is 2.31. The van der Waals surface area contributed by atoms with Crippen molar-refractivity contribution in [3.05, 3.63) is 0 Å². The molecule has 1 heterocycles. The summed E-state index contributed by atoms with van der Waals surface area (Å²) in [4.78, 5) is 14.1. The lowest BCUT2D eigenvalue weighted by molar-refractivity contribution is -0.125. The Morgan fingerprint density at radius 3 is 2.45 bits per heavy atom. The lowest BCUT2D eigenvalue weighted by Gasteiger charge is -2.38. The summed E-state index contributed by atoms with van der Waals surface area (Å²) in [6, 6.07) is 0.209. The van der Waals surface area contributed by atoms with Gasteiger partial charge in [-0.1, -0.05) is 34.6 Å². The van der Waals surface area contributed by atoms with Crippen molar-refractivity contribution in [2.75, 3.05) is 20.1 Å². The van der Waals surface area contributed by atoms with Crippen LogP contribution in [0.4, 0.5) is 0 Å². The van der Waals surface area contributed by atoms with Crippen LogP contribution >= 0.6 is 0 Å². The quantitative estimate of drug-likeness (QED) is 0.829. The number of carbonyl (C=O) groups excluding carboxylic acids is 1. The molecule has 4 nitrogen and oxygen atoms in total. The molecule has 0 bridgehead atoms. The van der Waals surface area contributed by atoms with Crippen LogP contribution < -0.4 is 5.32 Å². The number of nitrogens with one attached hydrogen (secondary N) is 1. The molecule has 0 radical (unpaired) electrons. The second-order valence-electron chi connectivity index (χ2n) is 7.80. The molecule has 20 heavy (non-hydrogen) atoms. The zero-order chi connectivity index (χ0) is 15.5. The summed E-state index contributed by atoms with van der Waals surface area (Å²) in [6.07, 6.45) is 1.48. The van der Waals surface area contributed by atoms with Gasteiger partial charge >= 0.3 is 0 Å². The Labute approximate surface area is 123 Å². The topological polar surface area (TPSA) is 52.6 Å². The fourth-order valence-corrected chi connectivity index (χ4v) is 2.76. The lowest BCUT2D eigenvalue weighted by atomic mass is 9.80. The minimum atomic E-state index is -0.291. The van der Waals surface area contributed by atoms with Gasteiger partial charge in [0.15, 0.2) is 0 Å². The summed E-state index contributed by atoms with van der Waals surface area (Å²) in [5, 5.41) is 13.4. The second-order valence-corrected chi connectivity index (χ2v) is 7.80. The van der Waals surface area contributed by atoms with Crippen molar-refractivity contribution in [1.82, 2.24) is 10.2 Å². The van der Waals surface area contributed by atoms with Gasteiger partial charge in [-0.25, -0.2) is 0 Å². The smallest absolute Gasteiger partial charge is 0.222 e. The molecule has 1 rings (SSSR count). The number of likely N-dealkylation sites (tertiary alicyclic amines) is 1. The zero-order valence-corrected chi connectivity index (χ0v) is 13.9. The summed E-state index contributed by atoms with van der Waals surface area (Å²) in [7, 11) is 2.09. The third-order valence-corrected chi connectivity index (χ3v) is 4.15. The number of nitrogens with zero attached hydrogens (tertiary/aromatic N) is 1. The van der Waals surface area contributed by atoms with Crippen molar-refractivity contribution in [3.8, 4) is 0 Å². The molecule has 1 aliphatic rings. The molecule has 0 spiro atoms. The summed E-state index contributed by atoms with van der Waals surface area (Å²) in [5.41, 5.74) is -0.0767. The molecule has 1 aliphatic heterocycles. The van der Waals surface area contributed by atoms with Crippen LogP contribution in [0.15, 0.2) is 0 Å². The van der Waals surface area contributed by atoms with Gasteiger partial charge in [-0.05, 0) is 31.2 Å². The van der Waals surface area contributed by atoms with E-state index in [1.807, 2.05) is 13.8 Å². The van der Waals surface area contributed by atoms with Crippen molar-refractivity contribution in [2.24, 2.45) is 17.3 Å². The van der Waals surface area contributed by atoms with Crippen LogP contribution in [-0.4, -0.2) is 48.2 Å². The third-order valence-electron chi connectivity index (χ3n) is 4.15. The van der Waals surface area contributed by atoms with Crippen LogP contribution in [0.2, 0.25) is 0 Å². The van der Waals surface area contributed by atoms with E-state index < -0.39 is 0 Å². The number of piperidine rings is 1. The van der Waals surface area contributed by atoms with Gasteiger partial charge in [-0.2, -0.15) is 0 Å². The molecule has 0 saturated carbocycles. The molecule has 4 heteroatoms. The molecule has 0 aromatic heterocycles.